The van der Waals surface area contributed by atoms with Gasteiger partial charge in [-0.2, -0.15) is 0 Å². The second-order valence-electron chi connectivity index (χ2n) is 4.82. The number of halogens is 2. The van der Waals surface area contributed by atoms with Gasteiger partial charge in [-0.3, -0.25) is 10.1 Å². The Kier molecular flexibility index (Phi) is 4.31. The molecule has 0 amide bonds. The number of nitrogens with zero attached hydrogens (tertiary/aromatic N) is 1. The molecule has 8 heteroatoms. The van der Waals surface area contributed by atoms with Gasteiger partial charge in [-0.25, -0.2) is 4.39 Å². The predicted octanol–water partition coefficient (Wildman–Crippen LogP) is 3.83. The van der Waals surface area contributed by atoms with Crippen LogP contribution in [0.4, 0.5) is 10.1 Å². The van der Waals surface area contributed by atoms with Crippen molar-refractivity contribution in [3.63, 3.8) is 0 Å². The molecule has 0 atom stereocenters. The maximum atomic E-state index is 13.6. The fourth-order valence-corrected chi connectivity index (χ4v) is 2.44. The minimum atomic E-state index is -0.591. The fourth-order valence-electron chi connectivity index (χ4n) is 2.27. The molecule has 0 aliphatic carbocycles. The van der Waals surface area contributed by atoms with Crippen LogP contribution < -0.4 is 9.47 Å². The van der Waals surface area contributed by atoms with Crippen LogP contribution in [0, 0.1) is 15.9 Å². The Morgan fingerprint density at radius 1 is 1.35 bits per heavy atom. The largest absolute Gasteiger partial charge is 0.482 e. The third-order valence-electron chi connectivity index (χ3n) is 3.25. The fraction of sp³-hybridized carbons (Fsp3) is 0.200. The molecule has 0 radical (unpaired) electrons. The Balaban J connectivity index is 1.87. The van der Waals surface area contributed by atoms with Crippen LogP contribution in [-0.2, 0) is 18.0 Å². The molecular weight excluding hydrogens is 329 g/mol. The molecule has 0 aromatic heterocycles. The second kappa shape index (κ2) is 6.39. The third-order valence-corrected chi connectivity index (χ3v) is 3.49. The zero-order valence-corrected chi connectivity index (χ0v) is 12.5. The first-order chi connectivity index (χ1) is 11.0. The number of benzene rings is 2. The highest BCUT2D eigenvalue weighted by Gasteiger charge is 2.20. The van der Waals surface area contributed by atoms with E-state index in [1.54, 1.807) is 0 Å². The van der Waals surface area contributed by atoms with Crippen molar-refractivity contribution in [2.45, 2.75) is 13.2 Å². The quantitative estimate of drug-likeness (QED) is 0.625. The highest BCUT2D eigenvalue weighted by Crippen LogP contribution is 2.33. The molecule has 0 unspecified atom stereocenters. The summed E-state index contributed by atoms with van der Waals surface area (Å²) in [6.45, 7) is 0.219. The topological polar surface area (TPSA) is 70.8 Å². The Bertz CT molecular complexity index is 768. The third kappa shape index (κ3) is 3.35. The number of nitro benzene ring substituents is 1. The highest BCUT2D eigenvalue weighted by atomic mass is 35.5. The molecule has 0 bridgehead atoms. The zero-order chi connectivity index (χ0) is 16.4. The summed E-state index contributed by atoms with van der Waals surface area (Å²) in [6.07, 6.45) is 0. The maximum Gasteiger partial charge on any atom is 0.312 e. The lowest BCUT2D eigenvalue weighted by atomic mass is 10.1. The summed E-state index contributed by atoms with van der Waals surface area (Å²) in [5.41, 5.74) is 0.764. The smallest absolute Gasteiger partial charge is 0.312 e. The van der Waals surface area contributed by atoms with Gasteiger partial charge in [-0.15, -0.1) is 0 Å². The van der Waals surface area contributed by atoms with E-state index in [4.69, 9.17) is 25.8 Å². The average Bonchev–Trinajstić information content (AvgIpc) is 2.53. The molecule has 2 aromatic carbocycles. The molecule has 1 aliphatic heterocycles. The van der Waals surface area contributed by atoms with E-state index in [0.717, 1.165) is 0 Å². The summed E-state index contributed by atoms with van der Waals surface area (Å²) < 4.78 is 29.6. The van der Waals surface area contributed by atoms with E-state index >= 15 is 0 Å². The summed E-state index contributed by atoms with van der Waals surface area (Å²) in [6, 6.07) is 6.67. The molecule has 0 saturated carbocycles. The summed E-state index contributed by atoms with van der Waals surface area (Å²) >= 11 is 5.75. The summed E-state index contributed by atoms with van der Waals surface area (Å²) in [4.78, 5) is 10.4. The number of rotatable bonds is 4. The lowest BCUT2D eigenvalue weighted by molar-refractivity contribution is -0.385. The van der Waals surface area contributed by atoms with Gasteiger partial charge in [0.15, 0.2) is 12.5 Å². The van der Waals surface area contributed by atoms with Crippen molar-refractivity contribution in [2.24, 2.45) is 0 Å². The Morgan fingerprint density at radius 3 is 2.96 bits per heavy atom. The van der Waals surface area contributed by atoms with Crippen LogP contribution in [0.5, 0.6) is 11.5 Å². The number of hydrogen-bond donors (Lipinski definition) is 0. The van der Waals surface area contributed by atoms with E-state index in [1.807, 2.05) is 0 Å². The average molecular weight is 340 g/mol. The molecule has 0 saturated heterocycles. The molecule has 3 rings (SSSR count). The Hall–Kier alpha value is -2.38. The van der Waals surface area contributed by atoms with Crippen molar-refractivity contribution in [3.05, 3.63) is 62.4 Å². The molecular formula is C15H11ClFNO5. The van der Waals surface area contributed by atoms with Crippen LogP contribution in [0.25, 0.3) is 0 Å². The molecule has 0 N–H and O–H groups in total. The summed E-state index contributed by atoms with van der Waals surface area (Å²) in [7, 11) is 0. The number of ether oxygens (including phenoxy) is 3. The van der Waals surface area contributed by atoms with Crippen molar-refractivity contribution in [1.29, 1.82) is 0 Å². The number of fused-ring (bicyclic) bond motifs is 1. The number of hydrogen-bond acceptors (Lipinski definition) is 5. The molecule has 1 heterocycles. The molecule has 120 valence electrons. The zero-order valence-electron chi connectivity index (χ0n) is 11.8. The first kappa shape index (κ1) is 15.5. The summed E-state index contributed by atoms with van der Waals surface area (Å²) in [5, 5.41) is 11.3. The number of nitro groups is 1. The lowest BCUT2D eigenvalue weighted by Crippen LogP contribution is -2.14. The second-order valence-corrected chi connectivity index (χ2v) is 5.26. The SMILES string of the molecule is O=[N+]([O-])c1cc(Cl)ccc1OCc1cc(F)cc2c1OCOC2. The molecule has 1 aliphatic rings. The molecule has 0 fully saturated rings. The van der Waals surface area contributed by atoms with Gasteiger partial charge in [0, 0.05) is 22.2 Å². The van der Waals surface area contributed by atoms with Crippen LogP contribution in [-0.4, -0.2) is 11.7 Å². The highest BCUT2D eigenvalue weighted by molar-refractivity contribution is 6.30. The van der Waals surface area contributed by atoms with E-state index in [9.17, 15) is 14.5 Å². The van der Waals surface area contributed by atoms with E-state index in [0.29, 0.717) is 16.9 Å². The van der Waals surface area contributed by atoms with Crippen LogP contribution in [0.2, 0.25) is 5.02 Å². The minimum Gasteiger partial charge on any atom is -0.482 e. The van der Waals surface area contributed by atoms with E-state index < -0.39 is 10.7 Å². The van der Waals surface area contributed by atoms with E-state index in [-0.39, 0.29) is 36.5 Å². The standard InChI is InChI=1S/C15H11ClFNO5/c16-11-1-2-14(13(5-11)18(19)20)22-7-10-4-12(17)3-9-6-21-8-23-15(9)10/h1-5H,6-8H2. The predicted molar refractivity (Wildman–Crippen MR) is 79.1 cm³/mol. The Labute approximate surface area is 135 Å². The molecule has 2 aromatic rings. The van der Waals surface area contributed by atoms with Gasteiger partial charge in [0.25, 0.3) is 0 Å². The van der Waals surface area contributed by atoms with Crippen LogP contribution in [0.1, 0.15) is 11.1 Å². The molecule has 0 spiro atoms. The van der Waals surface area contributed by atoms with Crippen LogP contribution in [0.3, 0.4) is 0 Å². The van der Waals surface area contributed by atoms with Crippen LogP contribution in [0.15, 0.2) is 30.3 Å². The van der Waals surface area contributed by atoms with Crippen molar-refractivity contribution < 1.29 is 23.5 Å². The van der Waals surface area contributed by atoms with Gasteiger partial charge >= 0.3 is 5.69 Å². The normalized spacial score (nSPS) is 13.1. The van der Waals surface area contributed by atoms with Crippen molar-refractivity contribution >= 4 is 17.3 Å². The van der Waals surface area contributed by atoms with Crippen LogP contribution >= 0.6 is 11.6 Å². The van der Waals surface area contributed by atoms with Gasteiger partial charge in [0.1, 0.15) is 18.2 Å². The molecule has 6 nitrogen and oxygen atoms in total. The molecule has 23 heavy (non-hydrogen) atoms. The van der Waals surface area contributed by atoms with E-state index in [1.165, 1.54) is 30.3 Å². The van der Waals surface area contributed by atoms with Gasteiger partial charge in [-0.1, -0.05) is 11.6 Å². The Morgan fingerprint density at radius 2 is 2.17 bits per heavy atom. The first-order valence-electron chi connectivity index (χ1n) is 6.63. The van der Waals surface area contributed by atoms with Gasteiger partial charge in [0.2, 0.25) is 0 Å². The van der Waals surface area contributed by atoms with Gasteiger partial charge < -0.3 is 14.2 Å². The lowest BCUT2D eigenvalue weighted by Gasteiger charge is -2.21. The van der Waals surface area contributed by atoms with Gasteiger partial charge in [-0.05, 0) is 24.3 Å². The van der Waals surface area contributed by atoms with Gasteiger partial charge in [0.05, 0.1) is 11.5 Å². The van der Waals surface area contributed by atoms with Crippen molar-refractivity contribution in [3.8, 4) is 11.5 Å². The minimum absolute atomic E-state index is 0.0458. The first-order valence-corrected chi connectivity index (χ1v) is 7.01. The maximum absolute atomic E-state index is 13.6. The van der Waals surface area contributed by atoms with Crippen molar-refractivity contribution in [1.82, 2.24) is 0 Å². The summed E-state index contributed by atoms with van der Waals surface area (Å²) in [5.74, 6) is 0.0702. The van der Waals surface area contributed by atoms with Crippen molar-refractivity contribution in [2.75, 3.05) is 6.79 Å². The van der Waals surface area contributed by atoms with E-state index in [2.05, 4.69) is 0 Å². The monoisotopic (exact) mass is 339 g/mol.